The average Bonchev–Trinajstić information content (AvgIpc) is 1.90. The molecule has 1 heterocycles. The lowest BCUT2D eigenvalue weighted by Crippen LogP contribution is -2.38. The first-order chi connectivity index (χ1) is 4.60. The average molecular weight is 253 g/mol. The third-order valence-electron chi connectivity index (χ3n) is 1.70. The van der Waals surface area contributed by atoms with Crippen molar-refractivity contribution in [2.24, 2.45) is 0 Å². The molecule has 0 spiro atoms. The van der Waals surface area contributed by atoms with Crippen LogP contribution in [0.4, 0.5) is 0 Å². The van der Waals surface area contributed by atoms with Crippen molar-refractivity contribution in [2.45, 2.75) is 36.2 Å². The van der Waals surface area contributed by atoms with Crippen LogP contribution in [0.25, 0.3) is 0 Å². The van der Waals surface area contributed by atoms with E-state index in [0.29, 0.717) is 6.42 Å². The van der Waals surface area contributed by atoms with Crippen LogP contribution in [0.5, 0.6) is 0 Å². The van der Waals surface area contributed by atoms with Gasteiger partial charge < -0.3 is 5.32 Å². The maximum Gasteiger partial charge on any atom is 0.221 e. The monoisotopic (exact) mass is 253 g/mol. The second-order valence-corrected chi connectivity index (χ2v) is 5.33. The molecule has 0 aliphatic carbocycles. The van der Waals surface area contributed by atoms with Gasteiger partial charge in [-0.05, 0) is 26.2 Å². The molecule has 1 aliphatic rings. The van der Waals surface area contributed by atoms with E-state index < -0.39 is 0 Å². The van der Waals surface area contributed by atoms with Gasteiger partial charge in [0, 0.05) is 6.42 Å². The minimum absolute atomic E-state index is 0.00530. The summed E-state index contributed by atoms with van der Waals surface area (Å²) in [6, 6.07) is 0. The van der Waals surface area contributed by atoms with Crippen LogP contribution < -0.4 is 5.32 Å². The summed E-state index contributed by atoms with van der Waals surface area (Å²) >= 11 is 2.30. The zero-order valence-corrected chi connectivity index (χ0v) is 8.27. The lowest BCUT2D eigenvalue weighted by molar-refractivity contribution is -0.121. The van der Waals surface area contributed by atoms with E-state index in [0.717, 1.165) is 19.3 Å². The summed E-state index contributed by atoms with van der Waals surface area (Å²) in [7, 11) is 0. The van der Waals surface area contributed by atoms with Crippen molar-refractivity contribution in [1.82, 2.24) is 5.32 Å². The van der Waals surface area contributed by atoms with Crippen molar-refractivity contribution >= 4 is 28.5 Å². The summed E-state index contributed by atoms with van der Waals surface area (Å²) in [5.74, 6) is 0.203. The van der Waals surface area contributed by atoms with Gasteiger partial charge in [0.15, 0.2) is 0 Å². The summed E-state index contributed by atoms with van der Waals surface area (Å²) in [4.78, 5) is 11.0. The molecule has 0 saturated carbocycles. The highest BCUT2D eigenvalue weighted by atomic mass is 127. The fourth-order valence-corrected chi connectivity index (χ4v) is 1.84. The van der Waals surface area contributed by atoms with Crippen LogP contribution in [0.15, 0.2) is 0 Å². The van der Waals surface area contributed by atoms with E-state index in [4.69, 9.17) is 0 Å². The van der Waals surface area contributed by atoms with E-state index in [1.165, 1.54) is 0 Å². The molecule has 1 saturated heterocycles. The molecule has 0 radical (unpaired) electrons. The van der Waals surface area contributed by atoms with Gasteiger partial charge in [-0.15, -0.1) is 0 Å². The number of rotatable bonds is 0. The second-order valence-electron chi connectivity index (χ2n) is 2.95. The van der Waals surface area contributed by atoms with Crippen LogP contribution in [0.1, 0.15) is 32.6 Å². The summed E-state index contributed by atoms with van der Waals surface area (Å²) < 4.78 is 0.00530. The van der Waals surface area contributed by atoms with E-state index in [-0.39, 0.29) is 9.45 Å². The van der Waals surface area contributed by atoms with Crippen molar-refractivity contribution in [3.8, 4) is 0 Å². The highest BCUT2D eigenvalue weighted by Crippen LogP contribution is 2.24. The summed E-state index contributed by atoms with van der Waals surface area (Å²) in [6.07, 6.45) is 4.01. The van der Waals surface area contributed by atoms with Gasteiger partial charge in [-0.3, -0.25) is 4.79 Å². The van der Waals surface area contributed by atoms with Crippen LogP contribution in [0.2, 0.25) is 0 Å². The predicted molar refractivity (Wildman–Crippen MR) is 49.0 cm³/mol. The van der Waals surface area contributed by atoms with E-state index >= 15 is 0 Å². The number of hydrogen-bond acceptors (Lipinski definition) is 1. The van der Waals surface area contributed by atoms with Crippen LogP contribution in [0, 0.1) is 0 Å². The Morgan fingerprint density at radius 3 is 3.00 bits per heavy atom. The number of halogens is 1. The van der Waals surface area contributed by atoms with Gasteiger partial charge in [-0.1, -0.05) is 22.6 Å². The van der Waals surface area contributed by atoms with Gasteiger partial charge in [0.05, 0.1) is 3.55 Å². The smallest absolute Gasteiger partial charge is 0.221 e. The topological polar surface area (TPSA) is 29.1 Å². The second kappa shape index (κ2) is 3.07. The Bertz CT molecular complexity index is 145. The Labute approximate surface area is 74.9 Å². The van der Waals surface area contributed by atoms with Crippen molar-refractivity contribution in [3.05, 3.63) is 0 Å². The molecule has 1 rings (SSSR count). The van der Waals surface area contributed by atoms with Gasteiger partial charge in [-0.25, -0.2) is 0 Å². The molecular weight excluding hydrogens is 241 g/mol. The molecule has 0 bridgehead atoms. The third-order valence-corrected chi connectivity index (χ3v) is 2.51. The van der Waals surface area contributed by atoms with Crippen LogP contribution in [-0.4, -0.2) is 9.45 Å². The SMILES string of the molecule is CC1(I)CCCCC(=O)N1. The maximum atomic E-state index is 11.0. The Kier molecular flexibility index (Phi) is 2.55. The quantitative estimate of drug-likeness (QED) is 0.398. The summed E-state index contributed by atoms with van der Waals surface area (Å²) in [6.45, 7) is 2.07. The van der Waals surface area contributed by atoms with Gasteiger partial charge in [0.2, 0.25) is 5.91 Å². The molecule has 3 heteroatoms. The van der Waals surface area contributed by atoms with E-state index in [1.54, 1.807) is 0 Å². The number of amides is 1. The highest BCUT2D eigenvalue weighted by Gasteiger charge is 2.24. The Morgan fingerprint density at radius 2 is 2.30 bits per heavy atom. The molecule has 1 fully saturated rings. The number of carbonyl (C=O) groups is 1. The molecule has 10 heavy (non-hydrogen) atoms. The molecular formula is C7H12INO. The first kappa shape index (κ1) is 8.30. The van der Waals surface area contributed by atoms with Gasteiger partial charge in [0.25, 0.3) is 0 Å². The maximum absolute atomic E-state index is 11.0. The molecule has 0 aromatic rings. The zero-order chi connectivity index (χ0) is 7.61. The van der Waals surface area contributed by atoms with E-state index in [2.05, 4.69) is 34.8 Å². The predicted octanol–water partition coefficient (Wildman–Crippen LogP) is 1.83. The minimum Gasteiger partial charge on any atom is -0.342 e. The highest BCUT2D eigenvalue weighted by molar-refractivity contribution is 14.1. The van der Waals surface area contributed by atoms with Crippen molar-refractivity contribution < 1.29 is 4.79 Å². The van der Waals surface area contributed by atoms with Crippen LogP contribution in [0.3, 0.4) is 0 Å². The van der Waals surface area contributed by atoms with Crippen LogP contribution >= 0.6 is 22.6 Å². The lowest BCUT2D eigenvalue weighted by Gasteiger charge is -2.20. The van der Waals surface area contributed by atoms with E-state index in [9.17, 15) is 4.79 Å². The largest absolute Gasteiger partial charge is 0.342 e. The summed E-state index contributed by atoms with van der Waals surface area (Å²) in [5, 5.41) is 2.97. The number of hydrogen-bond donors (Lipinski definition) is 1. The molecule has 1 amide bonds. The zero-order valence-electron chi connectivity index (χ0n) is 6.11. The van der Waals surface area contributed by atoms with Crippen LogP contribution in [-0.2, 0) is 4.79 Å². The Morgan fingerprint density at radius 1 is 1.60 bits per heavy atom. The number of alkyl halides is 1. The van der Waals surface area contributed by atoms with Gasteiger partial charge in [-0.2, -0.15) is 0 Å². The fourth-order valence-electron chi connectivity index (χ4n) is 1.16. The molecule has 1 atom stereocenters. The number of nitrogens with one attached hydrogen (secondary N) is 1. The molecule has 0 aromatic carbocycles. The first-order valence-corrected chi connectivity index (χ1v) is 4.68. The molecule has 0 aromatic heterocycles. The number of carbonyl (C=O) groups excluding carboxylic acids is 1. The van der Waals surface area contributed by atoms with Gasteiger partial charge in [0.1, 0.15) is 0 Å². The molecule has 1 aliphatic heterocycles. The standard InChI is InChI=1S/C7H12INO/c1-7(8)5-3-2-4-6(10)9-7/h2-5H2,1H3,(H,9,10). The Balaban J connectivity index is 2.54. The molecule has 1 N–H and O–H groups in total. The molecule has 2 nitrogen and oxygen atoms in total. The minimum atomic E-state index is 0.00530. The Hall–Kier alpha value is 0.200. The normalized spacial score (nSPS) is 34.8. The first-order valence-electron chi connectivity index (χ1n) is 3.60. The van der Waals surface area contributed by atoms with Crippen molar-refractivity contribution in [3.63, 3.8) is 0 Å². The van der Waals surface area contributed by atoms with Crippen molar-refractivity contribution in [1.29, 1.82) is 0 Å². The van der Waals surface area contributed by atoms with E-state index in [1.807, 2.05) is 0 Å². The van der Waals surface area contributed by atoms with Gasteiger partial charge >= 0.3 is 0 Å². The van der Waals surface area contributed by atoms with Crippen molar-refractivity contribution in [2.75, 3.05) is 0 Å². The fraction of sp³-hybridized carbons (Fsp3) is 0.857. The molecule has 1 unspecified atom stereocenters. The lowest BCUT2D eigenvalue weighted by atomic mass is 10.1. The third kappa shape index (κ3) is 2.44. The molecule has 58 valence electrons. The summed E-state index contributed by atoms with van der Waals surface area (Å²) in [5.41, 5.74) is 0.